The molecule has 0 aliphatic rings. The highest BCUT2D eigenvalue weighted by Gasteiger charge is 2.09. The van der Waals surface area contributed by atoms with Crippen LogP contribution in [0.2, 0.25) is 5.02 Å². The highest BCUT2D eigenvalue weighted by molar-refractivity contribution is 6.31. The van der Waals surface area contributed by atoms with E-state index in [1.807, 2.05) is 13.8 Å². The smallest absolute Gasteiger partial charge is 0.142 e. The average Bonchev–Trinajstić information content (AvgIpc) is 2.24. The molecule has 0 fully saturated rings. The molecule has 0 atom stereocenters. The van der Waals surface area contributed by atoms with Crippen LogP contribution in [-0.4, -0.2) is 5.78 Å². The first kappa shape index (κ1) is 13.2. The number of hydrogen-bond acceptors (Lipinski definition) is 1. The summed E-state index contributed by atoms with van der Waals surface area (Å²) in [5.74, 6) is -0.0788. The van der Waals surface area contributed by atoms with E-state index in [9.17, 15) is 9.18 Å². The largest absolute Gasteiger partial charge is 0.299 e. The number of carbonyl (C=O) groups excluding carboxylic acids is 1. The fraction of sp³-hybridized carbons (Fsp3) is 0.462. The van der Waals surface area contributed by atoms with Gasteiger partial charge in [-0.15, -0.1) is 0 Å². The number of halogens is 2. The molecular formula is C13H16ClFO. The third-order valence-electron chi connectivity index (χ3n) is 2.54. The maximum Gasteiger partial charge on any atom is 0.142 e. The number of aryl methyl sites for hydroxylation is 1. The van der Waals surface area contributed by atoms with Crippen LogP contribution in [0.3, 0.4) is 0 Å². The van der Waals surface area contributed by atoms with Crippen molar-refractivity contribution < 1.29 is 9.18 Å². The summed E-state index contributed by atoms with van der Waals surface area (Å²) in [6.45, 7) is 3.77. The minimum Gasteiger partial charge on any atom is -0.299 e. The Morgan fingerprint density at radius 2 is 2.12 bits per heavy atom. The zero-order chi connectivity index (χ0) is 12.1. The van der Waals surface area contributed by atoms with Crippen molar-refractivity contribution in [1.29, 1.82) is 0 Å². The Morgan fingerprint density at radius 3 is 2.75 bits per heavy atom. The van der Waals surface area contributed by atoms with Gasteiger partial charge in [0.05, 0.1) is 5.02 Å². The van der Waals surface area contributed by atoms with E-state index in [4.69, 9.17) is 11.6 Å². The summed E-state index contributed by atoms with van der Waals surface area (Å²) in [5, 5.41) is 0.180. The van der Waals surface area contributed by atoms with E-state index in [0.29, 0.717) is 12.8 Å². The monoisotopic (exact) mass is 242 g/mol. The van der Waals surface area contributed by atoms with Gasteiger partial charge in [0.1, 0.15) is 11.6 Å². The van der Waals surface area contributed by atoms with Gasteiger partial charge in [-0.3, -0.25) is 4.79 Å². The lowest BCUT2D eigenvalue weighted by molar-refractivity contribution is -0.121. The molecule has 1 aromatic rings. The summed E-state index contributed by atoms with van der Waals surface area (Å²) in [7, 11) is 0. The van der Waals surface area contributed by atoms with Crippen molar-refractivity contribution >= 4 is 17.4 Å². The quantitative estimate of drug-likeness (QED) is 0.762. The molecule has 0 N–H and O–H groups in total. The fourth-order valence-corrected chi connectivity index (χ4v) is 1.70. The molecule has 0 aromatic heterocycles. The van der Waals surface area contributed by atoms with Crippen LogP contribution in [-0.2, 0) is 11.2 Å². The molecule has 0 bridgehead atoms. The molecule has 1 aromatic carbocycles. The molecule has 0 spiro atoms. The standard InChI is InChI=1S/C13H16ClFO/c1-9(2)12(16)8-4-6-10-5-3-7-11(15)13(10)14/h3,5,7,9H,4,6,8H2,1-2H3. The van der Waals surface area contributed by atoms with Gasteiger partial charge in [0.15, 0.2) is 0 Å². The minimum atomic E-state index is -0.394. The second-order valence-electron chi connectivity index (χ2n) is 4.19. The van der Waals surface area contributed by atoms with Crippen LogP contribution in [0.1, 0.15) is 32.3 Å². The van der Waals surface area contributed by atoms with Crippen molar-refractivity contribution in [2.45, 2.75) is 33.1 Å². The Bertz CT molecular complexity index is 374. The Morgan fingerprint density at radius 1 is 1.44 bits per heavy atom. The summed E-state index contributed by atoms with van der Waals surface area (Å²) < 4.78 is 13.1. The average molecular weight is 243 g/mol. The zero-order valence-electron chi connectivity index (χ0n) is 9.59. The molecule has 0 aliphatic heterocycles. The third kappa shape index (κ3) is 3.60. The Balaban J connectivity index is 2.49. The highest BCUT2D eigenvalue weighted by atomic mass is 35.5. The van der Waals surface area contributed by atoms with E-state index in [1.165, 1.54) is 6.07 Å². The van der Waals surface area contributed by atoms with E-state index in [1.54, 1.807) is 12.1 Å². The number of benzene rings is 1. The first-order valence-electron chi connectivity index (χ1n) is 5.48. The van der Waals surface area contributed by atoms with Gasteiger partial charge in [0, 0.05) is 12.3 Å². The second kappa shape index (κ2) is 6.00. The first-order chi connectivity index (χ1) is 7.52. The molecule has 3 heteroatoms. The van der Waals surface area contributed by atoms with Crippen LogP contribution in [0.15, 0.2) is 18.2 Å². The van der Waals surface area contributed by atoms with Crippen molar-refractivity contribution in [3.8, 4) is 0 Å². The summed E-state index contributed by atoms with van der Waals surface area (Å²) in [6.07, 6.45) is 1.90. The van der Waals surface area contributed by atoms with Crippen LogP contribution in [0.25, 0.3) is 0 Å². The van der Waals surface area contributed by atoms with Gasteiger partial charge in [-0.1, -0.05) is 37.6 Å². The SMILES string of the molecule is CC(C)C(=O)CCCc1cccc(F)c1Cl. The Labute approximate surface area is 101 Å². The molecule has 0 aliphatic carbocycles. The van der Waals surface area contributed by atoms with E-state index in [-0.39, 0.29) is 16.7 Å². The molecule has 1 rings (SSSR count). The number of hydrogen-bond donors (Lipinski definition) is 0. The molecule has 16 heavy (non-hydrogen) atoms. The van der Waals surface area contributed by atoms with Gasteiger partial charge >= 0.3 is 0 Å². The first-order valence-corrected chi connectivity index (χ1v) is 5.85. The molecule has 0 radical (unpaired) electrons. The number of carbonyl (C=O) groups is 1. The van der Waals surface area contributed by atoms with Crippen molar-refractivity contribution in [3.05, 3.63) is 34.6 Å². The number of ketones is 1. The van der Waals surface area contributed by atoms with E-state index in [2.05, 4.69) is 0 Å². The van der Waals surface area contributed by atoms with Crippen molar-refractivity contribution in [2.75, 3.05) is 0 Å². The molecule has 1 nitrogen and oxygen atoms in total. The molecule has 0 amide bonds. The van der Waals surface area contributed by atoms with E-state index < -0.39 is 5.82 Å². The molecule has 0 saturated heterocycles. The summed E-state index contributed by atoms with van der Waals surface area (Å²) in [4.78, 5) is 11.4. The van der Waals surface area contributed by atoms with Crippen molar-refractivity contribution in [2.24, 2.45) is 5.92 Å². The van der Waals surface area contributed by atoms with Crippen LogP contribution in [0.4, 0.5) is 4.39 Å². The van der Waals surface area contributed by atoms with Gasteiger partial charge in [-0.2, -0.15) is 0 Å². The minimum absolute atomic E-state index is 0.0722. The molecule has 0 heterocycles. The number of rotatable bonds is 5. The van der Waals surface area contributed by atoms with Crippen LogP contribution < -0.4 is 0 Å². The maximum absolute atomic E-state index is 13.1. The Kier molecular flexibility index (Phi) is 4.94. The summed E-state index contributed by atoms with van der Waals surface area (Å²) in [6, 6.07) is 4.77. The van der Waals surface area contributed by atoms with Gasteiger partial charge < -0.3 is 0 Å². The van der Waals surface area contributed by atoms with Gasteiger partial charge in [0.25, 0.3) is 0 Å². The predicted octanol–water partition coefficient (Wildman–Crippen LogP) is 4.03. The maximum atomic E-state index is 13.1. The normalized spacial score (nSPS) is 10.8. The van der Waals surface area contributed by atoms with Gasteiger partial charge in [-0.25, -0.2) is 4.39 Å². The molecule has 88 valence electrons. The van der Waals surface area contributed by atoms with Crippen LogP contribution >= 0.6 is 11.6 Å². The topological polar surface area (TPSA) is 17.1 Å². The molecular weight excluding hydrogens is 227 g/mol. The predicted molar refractivity (Wildman–Crippen MR) is 64.2 cm³/mol. The van der Waals surface area contributed by atoms with Crippen molar-refractivity contribution in [1.82, 2.24) is 0 Å². The van der Waals surface area contributed by atoms with E-state index in [0.717, 1.165) is 12.0 Å². The van der Waals surface area contributed by atoms with Crippen LogP contribution in [0.5, 0.6) is 0 Å². The van der Waals surface area contributed by atoms with Gasteiger partial charge in [-0.05, 0) is 24.5 Å². The number of Topliss-reactive ketones (excluding diaryl/α,β-unsaturated/α-hetero) is 1. The molecule has 0 saturated carbocycles. The summed E-state index contributed by atoms with van der Waals surface area (Å²) in [5.41, 5.74) is 0.776. The molecule has 0 unspecified atom stereocenters. The van der Waals surface area contributed by atoms with Gasteiger partial charge in [0.2, 0.25) is 0 Å². The third-order valence-corrected chi connectivity index (χ3v) is 2.97. The fourth-order valence-electron chi connectivity index (χ4n) is 1.48. The lowest BCUT2D eigenvalue weighted by atomic mass is 10.0. The van der Waals surface area contributed by atoms with Crippen LogP contribution in [0, 0.1) is 11.7 Å². The summed E-state index contributed by atoms with van der Waals surface area (Å²) >= 11 is 5.81. The highest BCUT2D eigenvalue weighted by Crippen LogP contribution is 2.21. The lowest BCUT2D eigenvalue weighted by Gasteiger charge is -2.06. The van der Waals surface area contributed by atoms with E-state index >= 15 is 0 Å². The second-order valence-corrected chi connectivity index (χ2v) is 4.57. The zero-order valence-corrected chi connectivity index (χ0v) is 10.4. The van der Waals surface area contributed by atoms with Crippen molar-refractivity contribution in [3.63, 3.8) is 0 Å². The lowest BCUT2D eigenvalue weighted by Crippen LogP contribution is -2.06. The Hall–Kier alpha value is -0.890.